The number of nitrogens with one attached hydrogen (secondary N) is 2. The molecule has 1 aliphatic carbocycles. The summed E-state index contributed by atoms with van der Waals surface area (Å²) in [6.07, 6.45) is -0.164. The Kier molecular flexibility index (Phi) is 5.52. The molecule has 34 heavy (non-hydrogen) atoms. The molecule has 0 saturated heterocycles. The fraction of sp³-hybridized carbons (Fsp3) is 0.174. The average molecular weight is 485 g/mol. The number of anilines is 1. The summed E-state index contributed by atoms with van der Waals surface area (Å²) in [7, 11) is 0. The predicted molar refractivity (Wildman–Crippen MR) is 119 cm³/mol. The van der Waals surface area contributed by atoms with Gasteiger partial charge < -0.3 is 5.32 Å². The van der Waals surface area contributed by atoms with Crippen LogP contribution >= 0.6 is 11.6 Å². The lowest BCUT2D eigenvalue weighted by atomic mass is 9.94. The number of tetrazole rings is 1. The molecule has 0 bridgehead atoms. The Labute approximate surface area is 196 Å². The van der Waals surface area contributed by atoms with Crippen LogP contribution < -0.4 is 5.32 Å². The quantitative estimate of drug-likeness (QED) is 0.385. The minimum Gasteiger partial charge on any atom is -0.325 e. The van der Waals surface area contributed by atoms with Crippen molar-refractivity contribution < 1.29 is 18.0 Å². The van der Waals surface area contributed by atoms with E-state index in [-0.39, 0.29) is 16.6 Å². The van der Waals surface area contributed by atoms with Crippen LogP contribution in [0.25, 0.3) is 22.5 Å². The first-order chi connectivity index (χ1) is 16.4. The minimum atomic E-state index is -2.67. The van der Waals surface area contributed by atoms with E-state index < -0.39 is 17.7 Å². The van der Waals surface area contributed by atoms with Gasteiger partial charge in [-0.05, 0) is 64.7 Å². The summed E-state index contributed by atoms with van der Waals surface area (Å²) >= 11 is 5.78. The normalized spacial score (nSPS) is 14.3. The Morgan fingerprint density at radius 2 is 1.91 bits per heavy atom. The number of benzene rings is 2. The maximum atomic E-state index is 14.0. The SMILES string of the molecule is O=C(Nc1ccc(-c2ccc(C(F)F)nc2)c(-c2nnn[nH]2)c1)C1(c2ccc(Cl)c(F)c2)CC1. The van der Waals surface area contributed by atoms with Gasteiger partial charge in [0.1, 0.15) is 11.5 Å². The average Bonchev–Trinajstić information content (AvgIpc) is 3.47. The molecule has 2 heterocycles. The van der Waals surface area contributed by atoms with Gasteiger partial charge in [-0.15, -0.1) is 5.10 Å². The number of amides is 1. The zero-order chi connectivity index (χ0) is 23.9. The molecule has 5 rings (SSSR count). The third-order valence-corrected chi connectivity index (χ3v) is 6.16. The topological polar surface area (TPSA) is 96.5 Å². The second-order valence-electron chi connectivity index (χ2n) is 7.95. The van der Waals surface area contributed by atoms with Gasteiger partial charge in [-0.25, -0.2) is 18.3 Å². The van der Waals surface area contributed by atoms with Gasteiger partial charge in [0.2, 0.25) is 5.91 Å². The highest BCUT2D eigenvalue weighted by Gasteiger charge is 2.51. The number of carbonyl (C=O) groups excluding carboxylic acids is 1. The molecule has 2 N–H and O–H groups in total. The van der Waals surface area contributed by atoms with E-state index >= 15 is 0 Å². The van der Waals surface area contributed by atoms with Crippen molar-refractivity contribution in [3.8, 4) is 22.5 Å². The summed E-state index contributed by atoms with van der Waals surface area (Å²) in [5.74, 6) is -0.523. The zero-order valence-electron chi connectivity index (χ0n) is 17.4. The minimum absolute atomic E-state index is 0.00284. The molecule has 1 saturated carbocycles. The van der Waals surface area contributed by atoms with Crippen molar-refractivity contribution in [1.29, 1.82) is 0 Å². The maximum absolute atomic E-state index is 14.0. The summed E-state index contributed by atoms with van der Waals surface area (Å²) in [5, 5.41) is 16.7. The number of halogens is 4. The van der Waals surface area contributed by atoms with Crippen LogP contribution in [0.15, 0.2) is 54.7 Å². The van der Waals surface area contributed by atoms with Crippen LogP contribution in [-0.4, -0.2) is 31.5 Å². The number of hydrogen-bond donors (Lipinski definition) is 2. The Balaban J connectivity index is 1.47. The number of hydrogen-bond acceptors (Lipinski definition) is 5. The smallest absolute Gasteiger partial charge is 0.280 e. The Hall–Kier alpha value is -3.79. The third kappa shape index (κ3) is 4.01. The molecule has 0 atom stereocenters. The number of aromatic amines is 1. The van der Waals surface area contributed by atoms with Gasteiger partial charge in [-0.3, -0.25) is 9.78 Å². The summed E-state index contributed by atoms with van der Waals surface area (Å²) in [5.41, 5.74) is 1.62. The molecule has 2 aromatic carbocycles. The number of nitrogens with zero attached hydrogens (tertiary/aromatic N) is 4. The molecule has 0 spiro atoms. The van der Waals surface area contributed by atoms with Gasteiger partial charge in [0.15, 0.2) is 5.82 Å². The van der Waals surface area contributed by atoms with Crippen LogP contribution in [0.4, 0.5) is 18.9 Å². The molecule has 7 nitrogen and oxygen atoms in total. The highest BCUT2D eigenvalue weighted by molar-refractivity contribution is 6.30. The molecule has 1 fully saturated rings. The van der Waals surface area contributed by atoms with E-state index in [1.807, 2.05) is 0 Å². The second-order valence-corrected chi connectivity index (χ2v) is 8.35. The number of rotatable bonds is 6. The molecule has 0 unspecified atom stereocenters. The lowest BCUT2D eigenvalue weighted by Gasteiger charge is -2.17. The van der Waals surface area contributed by atoms with Crippen molar-refractivity contribution in [1.82, 2.24) is 25.6 Å². The molecule has 1 aliphatic rings. The first-order valence-corrected chi connectivity index (χ1v) is 10.6. The molecule has 0 aliphatic heterocycles. The Bertz CT molecular complexity index is 1360. The molecule has 1 amide bonds. The van der Waals surface area contributed by atoms with Gasteiger partial charge in [-0.1, -0.05) is 29.8 Å². The standard InChI is InChI=1S/C23H16ClF3N6O/c24-17-5-2-13(9-18(17)25)23(7-8-23)22(34)29-14-3-4-15(16(10-14)21-30-32-33-31-21)12-1-6-19(20(26)27)28-11-12/h1-6,9-11,20H,7-8H2,(H,29,34)(H,30,31,32,33). The third-order valence-electron chi connectivity index (χ3n) is 5.86. The van der Waals surface area contributed by atoms with Gasteiger partial charge in [-0.2, -0.15) is 0 Å². The summed E-state index contributed by atoms with van der Waals surface area (Å²) in [6.45, 7) is 0. The number of aromatic nitrogens is 5. The van der Waals surface area contributed by atoms with Crippen LogP contribution in [-0.2, 0) is 10.2 Å². The van der Waals surface area contributed by atoms with Crippen molar-refractivity contribution >= 4 is 23.2 Å². The molecule has 0 radical (unpaired) electrons. The van der Waals surface area contributed by atoms with Crippen molar-refractivity contribution in [3.63, 3.8) is 0 Å². The number of pyridine rings is 1. The van der Waals surface area contributed by atoms with Crippen LogP contribution in [0.2, 0.25) is 5.02 Å². The largest absolute Gasteiger partial charge is 0.325 e. The molecule has 172 valence electrons. The molecular weight excluding hydrogens is 469 g/mol. The lowest BCUT2D eigenvalue weighted by Crippen LogP contribution is -2.28. The van der Waals surface area contributed by atoms with Crippen molar-refractivity contribution in [2.24, 2.45) is 0 Å². The van der Waals surface area contributed by atoms with Gasteiger partial charge in [0.05, 0.1) is 10.4 Å². The highest BCUT2D eigenvalue weighted by atomic mass is 35.5. The van der Waals surface area contributed by atoms with Crippen LogP contribution in [0.1, 0.15) is 30.5 Å². The van der Waals surface area contributed by atoms with E-state index in [4.69, 9.17) is 11.6 Å². The molecular formula is C23H16ClF3N6O. The van der Waals surface area contributed by atoms with Crippen LogP contribution in [0.5, 0.6) is 0 Å². The van der Waals surface area contributed by atoms with Crippen molar-refractivity contribution in [2.75, 3.05) is 5.32 Å². The number of carbonyl (C=O) groups is 1. The second kappa shape index (κ2) is 8.53. The van der Waals surface area contributed by atoms with E-state index in [1.165, 1.54) is 30.5 Å². The monoisotopic (exact) mass is 484 g/mol. The van der Waals surface area contributed by atoms with E-state index in [0.29, 0.717) is 46.6 Å². The lowest BCUT2D eigenvalue weighted by molar-refractivity contribution is -0.118. The first-order valence-electron chi connectivity index (χ1n) is 10.3. The van der Waals surface area contributed by atoms with E-state index in [9.17, 15) is 18.0 Å². The van der Waals surface area contributed by atoms with E-state index in [1.54, 1.807) is 24.3 Å². The van der Waals surface area contributed by atoms with Crippen molar-refractivity contribution in [2.45, 2.75) is 24.7 Å². The summed E-state index contributed by atoms with van der Waals surface area (Å²) in [6, 6.07) is 12.2. The molecule has 2 aromatic heterocycles. The van der Waals surface area contributed by atoms with Crippen LogP contribution in [0, 0.1) is 5.82 Å². The Morgan fingerprint density at radius 1 is 1.09 bits per heavy atom. The van der Waals surface area contributed by atoms with E-state index in [0.717, 1.165) is 0 Å². The van der Waals surface area contributed by atoms with Crippen LogP contribution in [0.3, 0.4) is 0 Å². The highest BCUT2D eigenvalue weighted by Crippen LogP contribution is 2.49. The zero-order valence-corrected chi connectivity index (χ0v) is 18.2. The number of alkyl halides is 2. The van der Waals surface area contributed by atoms with E-state index in [2.05, 4.69) is 30.9 Å². The summed E-state index contributed by atoms with van der Waals surface area (Å²) in [4.78, 5) is 17.0. The fourth-order valence-electron chi connectivity index (χ4n) is 3.85. The summed E-state index contributed by atoms with van der Waals surface area (Å²) < 4.78 is 39.7. The predicted octanol–water partition coefficient (Wildman–Crippen LogP) is 5.33. The fourth-order valence-corrected chi connectivity index (χ4v) is 3.97. The Morgan fingerprint density at radius 3 is 2.53 bits per heavy atom. The van der Waals surface area contributed by atoms with Gasteiger partial charge >= 0.3 is 0 Å². The maximum Gasteiger partial charge on any atom is 0.280 e. The molecule has 4 aromatic rings. The van der Waals surface area contributed by atoms with Gasteiger partial charge in [0, 0.05) is 23.0 Å². The van der Waals surface area contributed by atoms with Gasteiger partial charge in [0.25, 0.3) is 6.43 Å². The first kappa shape index (κ1) is 22.0. The number of H-pyrrole nitrogens is 1. The van der Waals surface area contributed by atoms with Crippen molar-refractivity contribution in [3.05, 3.63) is 76.8 Å². The molecule has 11 heteroatoms.